The Morgan fingerprint density at radius 1 is 0.846 bits per heavy atom. The summed E-state index contributed by atoms with van der Waals surface area (Å²) in [6.07, 6.45) is -0.206. The van der Waals surface area contributed by atoms with Crippen LogP contribution in [0.5, 0.6) is 5.75 Å². The number of anilines is 2. The molecule has 0 radical (unpaired) electrons. The Bertz CT molecular complexity index is 1570. The Kier molecular flexibility index (Phi) is 6.72. The van der Waals surface area contributed by atoms with E-state index in [0.717, 1.165) is 22.7 Å². The number of benzene rings is 3. The minimum atomic E-state index is -1.07. The van der Waals surface area contributed by atoms with Gasteiger partial charge in [0.05, 0.1) is 28.5 Å². The number of thiazole rings is 1. The lowest BCUT2D eigenvalue weighted by molar-refractivity contribution is -0.126. The largest absolute Gasteiger partial charge is 0.494 e. The van der Waals surface area contributed by atoms with Gasteiger partial charge in [-0.1, -0.05) is 66.3 Å². The van der Waals surface area contributed by atoms with Crippen molar-refractivity contribution in [3.63, 3.8) is 0 Å². The number of halogens is 1. The van der Waals surface area contributed by atoms with Crippen LogP contribution >= 0.6 is 22.9 Å². The number of imide groups is 1. The topological polar surface area (TPSA) is 81.1 Å². The second-order valence-electron chi connectivity index (χ2n) is 9.21. The van der Waals surface area contributed by atoms with E-state index < -0.39 is 29.9 Å². The predicted molar refractivity (Wildman–Crippen MR) is 150 cm³/mol. The van der Waals surface area contributed by atoms with Gasteiger partial charge in [0.1, 0.15) is 22.9 Å². The van der Waals surface area contributed by atoms with Crippen LogP contribution in [-0.2, 0) is 14.4 Å². The third-order valence-electron chi connectivity index (χ3n) is 6.76. The highest BCUT2D eigenvalue weighted by molar-refractivity contribution is 7.10. The molecule has 4 aromatic rings. The van der Waals surface area contributed by atoms with Crippen LogP contribution in [0.15, 0.2) is 89.7 Å². The van der Waals surface area contributed by atoms with Gasteiger partial charge in [-0.3, -0.25) is 23.8 Å². The molecule has 2 saturated heterocycles. The zero-order valence-electron chi connectivity index (χ0n) is 20.9. The van der Waals surface area contributed by atoms with E-state index in [1.165, 1.54) is 9.63 Å². The molecule has 0 saturated carbocycles. The molecule has 0 bridgehead atoms. The minimum absolute atomic E-state index is 0.183. The van der Waals surface area contributed by atoms with Crippen LogP contribution in [0.3, 0.4) is 0 Å². The summed E-state index contributed by atoms with van der Waals surface area (Å²) in [4.78, 5) is 48.2. The number of amides is 2. The number of nitrogens with zero attached hydrogens (tertiary/aromatic N) is 3. The predicted octanol–water partition coefficient (Wildman–Crippen LogP) is 5.39. The monoisotopic (exact) mass is 561 g/mol. The minimum Gasteiger partial charge on any atom is -0.494 e. The van der Waals surface area contributed by atoms with Crippen molar-refractivity contribution in [3.05, 3.63) is 105 Å². The second-order valence-corrected chi connectivity index (χ2v) is 10.6. The number of hydrogen-bond donors (Lipinski definition) is 0. The highest BCUT2D eigenvalue weighted by atomic mass is 35.5. The lowest BCUT2D eigenvalue weighted by atomic mass is 9.95. The van der Waals surface area contributed by atoms with Crippen LogP contribution in [0.1, 0.15) is 24.3 Å². The Hall–Kier alpha value is -3.92. The van der Waals surface area contributed by atoms with Crippen molar-refractivity contribution >= 4 is 46.1 Å². The molecule has 1 aromatic heterocycles. The molecule has 6 rings (SSSR count). The van der Waals surface area contributed by atoms with Crippen LogP contribution in [0.25, 0.3) is 5.69 Å². The van der Waals surface area contributed by atoms with Gasteiger partial charge in [-0.05, 0) is 55.0 Å². The van der Waals surface area contributed by atoms with Crippen molar-refractivity contribution in [1.82, 2.24) is 4.57 Å². The number of hydroxylamine groups is 1. The van der Waals surface area contributed by atoms with Gasteiger partial charge in [-0.25, -0.2) is 9.96 Å². The summed E-state index contributed by atoms with van der Waals surface area (Å²) >= 11 is 7.80. The molecule has 8 nitrogen and oxygen atoms in total. The van der Waals surface area contributed by atoms with E-state index in [4.69, 9.17) is 21.2 Å². The number of ether oxygens (including phenoxy) is 1. The highest BCUT2D eigenvalue weighted by Crippen LogP contribution is 2.50. The number of fused-ring (bicyclic) bond motifs is 1. The Labute approximate surface area is 233 Å². The number of carbonyl (C=O) groups excluding carboxylic acids is 2. The molecule has 3 atom stereocenters. The van der Waals surface area contributed by atoms with Crippen molar-refractivity contribution in [2.75, 3.05) is 16.6 Å². The molecule has 2 amide bonds. The maximum absolute atomic E-state index is 13.9. The standard InChI is InChI=1S/C29H24ClN3O5S/c1-2-17-37-21-15-13-19(14-16-21)32-27(34)22-23(33(38-24(22)28(32)35)20-11-7-4-8-12-20)25-26(30)31(29(36)39-25)18-9-5-3-6-10-18/h3-16,22-24H,2,17H2,1H3/t22-,23+,24+/m1/s1. The molecule has 3 aromatic carbocycles. The van der Waals surface area contributed by atoms with E-state index in [1.54, 1.807) is 36.4 Å². The van der Waals surface area contributed by atoms with Crippen molar-refractivity contribution in [2.45, 2.75) is 25.5 Å². The van der Waals surface area contributed by atoms with Crippen LogP contribution in [-0.4, -0.2) is 29.1 Å². The maximum Gasteiger partial charge on any atom is 0.313 e. The summed E-state index contributed by atoms with van der Waals surface area (Å²) in [5, 5.41) is 1.72. The molecule has 39 heavy (non-hydrogen) atoms. The van der Waals surface area contributed by atoms with E-state index in [2.05, 4.69) is 0 Å². The average molecular weight is 562 g/mol. The Morgan fingerprint density at radius 2 is 1.49 bits per heavy atom. The van der Waals surface area contributed by atoms with Gasteiger partial charge < -0.3 is 4.74 Å². The SMILES string of the molecule is CCCOc1ccc(N2C(=O)[C@H]3[C@H](ON(c4ccccc4)[C@@H]3c3sc(=O)n(-c4ccccc4)c3Cl)C2=O)cc1. The van der Waals surface area contributed by atoms with Gasteiger partial charge in [-0.2, -0.15) is 0 Å². The molecule has 198 valence electrons. The summed E-state index contributed by atoms with van der Waals surface area (Å²) in [5.41, 5.74) is 1.68. The molecule has 2 aliphatic heterocycles. The van der Waals surface area contributed by atoms with Crippen LogP contribution < -0.4 is 19.6 Å². The van der Waals surface area contributed by atoms with Crippen LogP contribution in [0.4, 0.5) is 11.4 Å². The number of para-hydroxylation sites is 2. The van der Waals surface area contributed by atoms with Crippen molar-refractivity contribution in [1.29, 1.82) is 0 Å². The number of carbonyl (C=O) groups is 2. The molecule has 2 aliphatic rings. The van der Waals surface area contributed by atoms with Gasteiger partial charge in [0.25, 0.3) is 5.91 Å². The first-order valence-corrected chi connectivity index (χ1v) is 13.8. The summed E-state index contributed by atoms with van der Waals surface area (Å²) in [7, 11) is 0. The normalized spacial score (nSPS) is 20.5. The van der Waals surface area contributed by atoms with Crippen molar-refractivity contribution in [3.8, 4) is 11.4 Å². The van der Waals surface area contributed by atoms with Gasteiger partial charge in [0.15, 0.2) is 6.10 Å². The van der Waals surface area contributed by atoms with Crippen molar-refractivity contribution < 1.29 is 19.2 Å². The zero-order chi connectivity index (χ0) is 27.1. The lowest BCUT2D eigenvalue weighted by Crippen LogP contribution is -2.37. The van der Waals surface area contributed by atoms with E-state index in [9.17, 15) is 14.4 Å². The van der Waals surface area contributed by atoms with E-state index >= 15 is 0 Å². The number of aromatic nitrogens is 1. The summed E-state index contributed by atoms with van der Waals surface area (Å²) < 4.78 is 7.05. The Morgan fingerprint density at radius 3 is 2.13 bits per heavy atom. The molecule has 10 heteroatoms. The molecular formula is C29H24ClN3O5S. The molecule has 2 fully saturated rings. The quantitative estimate of drug-likeness (QED) is 0.281. The summed E-state index contributed by atoms with van der Waals surface area (Å²) in [5.74, 6) is -1.14. The molecule has 0 unspecified atom stereocenters. The number of hydrogen-bond acceptors (Lipinski definition) is 7. The maximum atomic E-state index is 13.9. The van der Waals surface area contributed by atoms with Gasteiger partial charge in [-0.15, -0.1) is 0 Å². The smallest absolute Gasteiger partial charge is 0.313 e. The van der Waals surface area contributed by atoms with Gasteiger partial charge >= 0.3 is 4.87 Å². The molecule has 0 aliphatic carbocycles. The lowest BCUT2D eigenvalue weighted by Gasteiger charge is -2.28. The molecule has 0 N–H and O–H groups in total. The first-order chi connectivity index (χ1) is 19.0. The zero-order valence-corrected chi connectivity index (χ0v) is 22.5. The number of rotatable bonds is 7. The summed E-state index contributed by atoms with van der Waals surface area (Å²) in [6, 6.07) is 24.3. The third-order valence-corrected chi connectivity index (χ3v) is 8.25. The van der Waals surface area contributed by atoms with E-state index in [-0.39, 0.29) is 10.0 Å². The van der Waals surface area contributed by atoms with Crippen LogP contribution in [0, 0.1) is 5.92 Å². The van der Waals surface area contributed by atoms with Gasteiger partial charge in [0, 0.05) is 0 Å². The average Bonchev–Trinajstić information content (AvgIpc) is 3.57. The highest BCUT2D eigenvalue weighted by Gasteiger charge is 2.61. The fourth-order valence-electron chi connectivity index (χ4n) is 5.00. The molecular weight excluding hydrogens is 538 g/mol. The first-order valence-electron chi connectivity index (χ1n) is 12.6. The van der Waals surface area contributed by atoms with Gasteiger partial charge in [0.2, 0.25) is 5.91 Å². The fraction of sp³-hybridized carbons (Fsp3) is 0.207. The second kappa shape index (κ2) is 10.3. The molecule has 0 spiro atoms. The van der Waals surface area contributed by atoms with Crippen LogP contribution in [0.2, 0.25) is 5.15 Å². The van der Waals surface area contributed by atoms with E-state index in [0.29, 0.717) is 34.3 Å². The first kappa shape index (κ1) is 25.4. The summed E-state index contributed by atoms with van der Waals surface area (Å²) in [6.45, 7) is 2.59. The van der Waals surface area contributed by atoms with E-state index in [1.807, 2.05) is 55.5 Å². The molecule has 3 heterocycles. The fourth-order valence-corrected chi connectivity index (χ4v) is 6.46. The Balaban J connectivity index is 1.42. The van der Waals surface area contributed by atoms with Crippen molar-refractivity contribution in [2.24, 2.45) is 5.92 Å². The third kappa shape index (κ3) is 4.32.